The van der Waals surface area contributed by atoms with Crippen molar-refractivity contribution in [2.75, 3.05) is 45.8 Å². The van der Waals surface area contributed by atoms with Crippen LogP contribution in [-0.4, -0.2) is 73.5 Å². The summed E-state index contributed by atoms with van der Waals surface area (Å²) in [5.41, 5.74) is 0. The SMILES string of the molecule is O=C1NCC2C1CCCN2CC(=O)N1CCCNCC1. The van der Waals surface area contributed by atoms with Crippen molar-refractivity contribution in [1.29, 1.82) is 0 Å². The highest BCUT2D eigenvalue weighted by molar-refractivity contribution is 5.82. The molecule has 3 heterocycles. The average Bonchev–Trinajstić information content (AvgIpc) is 2.68. The Morgan fingerprint density at radius 2 is 2.10 bits per heavy atom. The van der Waals surface area contributed by atoms with E-state index in [2.05, 4.69) is 15.5 Å². The van der Waals surface area contributed by atoms with Crippen molar-refractivity contribution in [2.45, 2.75) is 25.3 Å². The van der Waals surface area contributed by atoms with E-state index < -0.39 is 0 Å². The number of amides is 2. The molecule has 2 N–H and O–H groups in total. The minimum atomic E-state index is 0.0994. The molecule has 3 saturated heterocycles. The topological polar surface area (TPSA) is 64.7 Å². The van der Waals surface area contributed by atoms with Gasteiger partial charge in [0.25, 0.3) is 0 Å². The van der Waals surface area contributed by atoms with Crippen LogP contribution in [0.1, 0.15) is 19.3 Å². The van der Waals surface area contributed by atoms with Crippen LogP contribution in [0, 0.1) is 5.92 Å². The van der Waals surface area contributed by atoms with E-state index in [0.717, 1.165) is 52.0 Å². The second kappa shape index (κ2) is 6.10. The first kappa shape index (κ1) is 13.8. The standard InChI is InChI=1S/C14H24N4O2/c19-13(17-7-2-4-15-5-8-17)10-18-6-1-3-11-12(18)9-16-14(11)20/h11-12,15H,1-10H2,(H,16,20). The Balaban J connectivity index is 1.58. The molecular formula is C14H24N4O2. The van der Waals surface area contributed by atoms with Crippen LogP contribution in [-0.2, 0) is 9.59 Å². The Morgan fingerprint density at radius 3 is 3.00 bits per heavy atom. The van der Waals surface area contributed by atoms with Crippen LogP contribution < -0.4 is 10.6 Å². The Labute approximate surface area is 119 Å². The highest BCUT2D eigenvalue weighted by Gasteiger charge is 2.41. The molecule has 0 saturated carbocycles. The molecule has 3 aliphatic heterocycles. The van der Waals surface area contributed by atoms with Gasteiger partial charge in [-0.25, -0.2) is 0 Å². The lowest BCUT2D eigenvalue weighted by molar-refractivity contribution is -0.134. The molecule has 2 amide bonds. The number of fused-ring (bicyclic) bond motifs is 1. The average molecular weight is 280 g/mol. The second-order valence-corrected chi connectivity index (χ2v) is 6.02. The van der Waals surface area contributed by atoms with Crippen molar-refractivity contribution in [3.05, 3.63) is 0 Å². The van der Waals surface area contributed by atoms with Crippen LogP contribution in [0.2, 0.25) is 0 Å². The highest BCUT2D eigenvalue weighted by Crippen LogP contribution is 2.27. The zero-order valence-electron chi connectivity index (χ0n) is 11.9. The van der Waals surface area contributed by atoms with Gasteiger partial charge < -0.3 is 15.5 Å². The smallest absolute Gasteiger partial charge is 0.236 e. The maximum absolute atomic E-state index is 12.4. The van der Waals surface area contributed by atoms with Crippen LogP contribution in [0.5, 0.6) is 0 Å². The number of hydrogen-bond acceptors (Lipinski definition) is 4. The molecule has 3 aliphatic rings. The third-order valence-electron chi connectivity index (χ3n) is 4.75. The molecule has 3 fully saturated rings. The van der Waals surface area contributed by atoms with E-state index in [1.165, 1.54) is 0 Å². The number of nitrogens with one attached hydrogen (secondary N) is 2. The van der Waals surface area contributed by atoms with E-state index in [-0.39, 0.29) is 23.8 Å². The number of carbonyl (C=O) groups is 2. The predicted molar refractivity (Wildman–Crippen MR) is 75.2 cm³/mol. The third-order valence-corrected chi connectivity index (χ3v) is 4.75. The van der Waals surface area contributed by atoms with Crippen molar-refractivity contribution in [3.63, 3.8) is 0 Å². The molecule has 0 bridgehead atoms. The lowest BCUT2D eigenvalue weighted by Crippen LogP contribution is -2.50. The van der Waals surface area contributed by atoms with Gasteiger partial charge in [-0.1, -0.05) is 0 Å². The van der Waals surface area contributed by atoms with Crippen LogP contribution >= 0.6 is 0 Å². The summed E-state index contributed by atoms with van der Waals surface area (Å²) in [7, 11) is 0. The summed E-state index contributed by atoms with van der Waals surface area (Å²) in [4.78, 5) is 28.4. The molecule has 6 nitrogen and oxygen atoms in total. The monoisotopic (exact) mass is 280 g/mol. The van der Waals surface area contributed by atoms with E-state index in [0.29, 0.717) is 13.1 Å². The van der Waals surface area contributed by atoms with Crippen molar-refractivity contribution in [1.82, 2.24) is 20.4 Å². The van der Waals surface area contributed by atoms with Crippen LogP contribution in [0.4, 0.5) is 0 Å². The zero-order valence-corrected chi connectivity index (χ0v) is 11.9. The summed E-state index contributed by atoms with van der Waals surface area (Å²) < 4.78 is 0. The molecule has 112 valence electrons. The van der Waals surface area contributed by atoms with Crippen molar-refractivity contribution >= 4 is 11.8 Å². The van der Waals surface area contributed by atoms with Gasteiger partial charge in [-0.2, -0.15) is 0 Å². The lowest BCUT2D eigenvalue weighted by atomic mass is 9.91. The van der Waals surface area contributed by atoms with Crippen LogP contribution in [0.25, 0.3) is 0 Å². The van der Waals surface area contributed by atoms with Crippen molar-refractivity contribution in [3.8, 4) is 0 Å². The number of likely N-dealkylation sites (tertiary alicyclic amines) is 1. The predicted octanol–water partition coefficient (Wildman–Crippen LogP) is -0.981. The van der Waals surface area contributed by atoms with Crippen molar-refractivity contribution in [2.24, 2.45) is 5.92 Å². The van der Waals surface area contributed by atoms with Crippen LogP contribution in [0.3, 0.4) is 0 Å². The summed E-state index contributed by atoms with van der Waals surface area (Å²) in [6.45, 7) is 5.65. The van der Waals surface area contributed by atoms with Gasteiger partial charge in [-0.05, 0) is 32.4 Å². The van der Waals surface area contributed by atoms with Gasteiger partial charge in [0, 0.05) is 32.2 Å². The second-order valence-electron chi connectivity index (χ2n) is 6.02. The zero-order chi connectivity index (χ0) is 13.9. The van der Waals surface area contributed by atoms with Gasteiger partial charge in [0.2, 0.25) is 11.8 Å². The molecule has 0 aliphatic carbocycles. The van der Waals surface area contributed by atoms with Gasteiger partial charge in [0.1, 0.15) is 0 Å². The molecule has 0 aromatic rings. The van der Waals surface area contributed by atoms with E-state index in [9.17, 15) is 9.59 Å². The van der Waals surface area contributed by atoms with Gasteiger partial charge >= 0.3 is 0 Å². The molecular weight excluding hydrogens is 256 g/mol. The lowest BCUT2D eigenvalue weighted by Gasteiger charge is -2.36. The van der Waals surface area contributed by atoms with Gasteiger partial charge in [0.15, 0.2) is 0 Å². The number of carbonyl (C=O) groups excluding carboxylic acids is 2. The molecule has 6 heteroatoms. The number of rotatable bonds is 2. The Hall–Kier alpha value is -1.14. The molecule has 2 unspecified atom stereocenters. The summed E-state index contributed by atoms with van der Waals surface area (Å²) >= 11 is 0. The minimum absolute atomic E-state index is 0.0994. The summed E-state index contributed by atoms with van der Waals surface area (Å²) in [6.07, 6.45) is 3.01. The first-order valence-corrected chi connectivity index (χ1v) is 7.76. The van der Waals surface area contributed by atoms with E-state index in [4.69, 9.17) is 0 Å². The quantitative estimate of drug-likeness (QED) is 0.682. The molecule has 0 aromatic carbocycles. The number of nitrogens with zero attached hydrogens (tertiary/aromatic N) is 2. The Bertz CT molecular complexity index is 379. The summed E-state index contributed by atoms with van der Waals surface area (Å²) in [6, 6.07) is 0.227. The highest BCUT2D eigenvalue weighted by atomic mass is 16.2. The summed E-state index contributed by atoms with van der Waals surface area (Å²) in [5, 5.41) is 6.26. The molecule has 0 spiro atoms. The van der Waals surface area contributed by atoms with Crippen molar-refractivity contribution < 1.29 is 9.59 Å². The fourth-order valence-corrected chi connectivity index (χ4v) is 3.61. The Morgan fingerprint density at radius 1 is 1.20 bits per heavy atom. The molecule has 2 atom stereocenters. The number of piperidine rings is 1. The van der Waals surface area contributed by atoms with Gasteiger partial charge in [-0.3, -0.25) is 14.5 Å². The Kier molecular flexibility index (Phi) is 4.21. The van der Waals surface area contributed by atoms with E-state index >= 15 is 0 Å². The first-order valence-electron chi connectivity index (χ1n) is 7.76. The molecule has 3 rings (SSSR count). The van der Waals surface area contributed by atoms with E-state index in [1.54, 1.807) is 0 Å². The first-order chi connectivity index (χ1) is 9.75. The summed E-state index contributed by atoms with van der Waals surface area (Å²) in [5.74, 6) is 0.488. The largest absolute Gasteiger partial charge is 0.354 e. The molecule has 0 radical (unpaired) electrons. The van der Waals surface area contributed by atoms with E-state index in [1.807, 2.05) is 4.90 Å². The normalized spacial score (nSPS) is 31.6. The maximum atomic E-state index is 12.4. The van der Waals surface area contributed by atoms with Gasteiger partial charge in [-0.15, -0.1) is 0 Å². The minimum Gasteiger partial charge on any atom is -0.354 e. The molecule has 20 heavy (non-hydrogen) atoms. The maximum Gasteiger partial charge on any atom is 0.236 e. The fourth-order valence-electron chi connectivity index (χ4n) is 3.61. The van der Waals surface area contributed by atoms with Gasteiger partial charge in [0.05, 0.1) is 12.5 Å². The number of hydrogen-bond donors (Lipinski definition) is 2. The molecule has 0 aromatic heterocycles. The third kappa shape index (κ3) is 2.81. The van der Waals surface area contributed by atoms with Crippen LogP contribution in [0.15, 0.2) is 0 Å². The fraction of sp³-hybridized carbons (Fsp3) is 0.857.